The molecule has 5 rings (SSSR count). The van der Waals surface area contributed by atoms with E-state index in [1.165, 1.54) is 16.5 Å². The molecule has 0 saturated heterocycles. The fraction of sp³-hybridized carbons (Fsp3) is 0.125. The number of hydrogen-bond acceptors (Lipinski definition) is 3. The summed E-state index contributed by atoms with van der Waals surface area (Å²) in [7, 11) is 0. The van der Waals surface area contributed by atoms with E-state index < -0.39 is 0 Å². The standard InChI is InChI=1S/C24H18Cl2N4O/c1-13(17-10-8-16(25)11-20(17)26)27-30-24(31)22-12-21(28-29-22)18-9-7-15-6-5-14-3-2-4-19(18)23(14)15/h2-4,7-12H,5-6H2,1H3,(H,28,29)(H,30,31)/b27-13-. The van der Waals surface area contributed by atoms with E-state index in [0.717, 1.165) is 29.5 Å². The van der Waals surface area contributed by atoms with Crippen LogP contribution in [0, 0.1) is 0 Å². The minimum Gasteiger partial charge on any atom is -0.272 e. The van der Waals surface area contributed by atoms with Gasteiger partial charge >= 0.3 is 0 Å². The second kappa shape index (κ2) is 7.84. The predicted molar refractivity (Wildman–Crippen MR) is 125 cm³/mol. The van der Waals surface area contributed by atoms with Gasteiger partial charge in [-0.25, -0.2) is 5.43 Å². The summed E-state index contributed by atoms with van der Waals surface area (Å²) >= 11 is 12.1. The third-order valence-corrected chi connectivity index (χ3v) is 6.17. The molecule has 0 bridgehead atoms. The van der Waals surface area contributed by atoms with E-state index >= 15 is 0 Å². The summed E-state index contributed by atoms with van der Waals surface area (Å²) in [5.74, 6) is -0.380. The zero-order valence-electron chi connectivity index (χ0n) is 16.7. The number of nitrogens with zero attached hydrogens (tertiary/aromatic N) is 2. The molecule has 4 aromatic rings. The number of aromatic nitrogens is 2. The van der Waals surface area contributed by atoms with Crippen molar-refractivity contribution < 1.29 is 4.79 Å². The van der Waals surface area contributed by atoms with Gasteiger partial charge in [0.1, 0.15) is 5.69 Å². The zero-order valence-corrected chi connectivity index (χ0v) is 18.2. The number of aromatic amines is 1. The zero-order chi connectivity index (χ0) is 21.5. The minimum atomic E-state index is -0.380. The average Bonchev–Trinajstić information content (AvgIpc) is 3.41. The molecule has 0 radical (unpaired) electrons. The summed E-state index contributed by atoms with van der Waals surface area (Å²) in [5.41, 5.74) is 8.62. The molecule has 5 nitrogen and oxygen atoms in total. The van der Waals surface area contributed by atoms with Gasteiger partial charge in [-0.05, 0) is 59.9 Å². The largest absolute Gasteiger partial charge is 0.289 e. The molecule has 3 aromatic carbocycles. The predicted octanol–water partition coefficient (Wildman–Crippen LogP) is 5.79. The van der Waals surface area contributed by atoms with E-state index in [1.54, 1.807) is 31.2 Å². The van der Waals surface area contributed by atoms with Gasteiger partial charge in [-0.1, -0.05) is 59.6 Å². The number of nitrogens with one attached hydrogen (secondary N) is 2. The van der Waals surface area contributed by atoms with Crippen LogP contribution in [0.5, 0.6) is 0 Å². The van der Waals surface area contributed by atoms with Crippen LogP contribution >= 0.6 is 23.2 Å². The third-order valence-electron chi connectivity index (χ3n) is 5.62. The Labute approximate surface area is 189 Å². The van der Waals surface area contributed by atoms with Crippen LogP contribution in [-0.4, -0.2) is 21.8 Å². The van der Waals surface area contributed by atoms with E-state index in [2.05, 4.69) is 51.1 Å². The van der Waals surface area contributed by atoms with Crippen LogP contribution < -0.4 is 5.43 Å². The average molecular weight is 449 g/mol. The van der Waals surface area contributed by atoms with Crippen LogP contribution in [0.3, 0.4) is 0 Å². The number of carbonyl (C=O) groups excluding carboxylic acids is 1. The lowest BCUT2D eigenvalue weighted by Crippen LogP contribution is -2.19. The van der Waals surface area contributed by atoms with Crippen LogP contribution in [0.25, 0.3) is 22.0 Å². The van der Waals surface area contributed by atoms with Gasteiger partial charge in [0.25, 0.3) is 5.91 Å². The van der Waals surface area contributed by atoms with Crippen LogP contribution in [0.1, 0.15) is 34.1 Å². The van der Waals surface area contributed by atoms with E-state index in [-0.39, 0.29) is 5.91 Å². The molecule has 0 unspecified atom stereocenters. The summed E-state index contributed by atoms with van der Waals surface area (Å²) in [6, 6.07) is 17.5. The van der Waals surface area contributed by atoms with Gasteiger partial charge in [0.05, 0.1) is 16.4 Å². The lowest BCUT2D eigenvalue weighted by Gasteiger charge is -2.06. The maximum Gasteiger partial charge on any atom is 0.289 e. The summed E-state index contributed by atoms with van der Waals surface area (Å²) in [6.45, 7) is 1.76. The maximum absolute atomic E-state index is 12.6. The molecule has 31 heavy (non-hydrogen) atoms. The molecule has 1 aromatic heterocycles. The lowest BCUT2D eigenvalue weighted by molar-refractivity contribution is 0.0950. The molecular formula is C24H18Cl2N4O. The molecular weight excluding hydrogens is 431 g/mol. The maximum atomic E-state index is 12.6. The number of benzene rings is 3. The van der Waals surface area contributed by atoms with E-state index in [0.29, 0.717) is 27.0 Å². The highest BCUT2D eigenvalue weighted by atomic mass is 35.5. The first-order valence-corrected chi connectivity index (χ1v) is 10.7. The van der Waals surface area contributed by atoms with Crippen LogP contribution in [0.15, 0.2) is 59.7 Å². The molecule has 154 valence electrons. The molecule has 0 atom stereocenters. The van der Waals surface area contributed by atoms with Crippen molar-refractivity contribution in [3.63, 3.8) is 0 Å². The first-order valence-electron chi connectivity index (χ1n) is 9.90. The highest BCUT2D eigenvalue weighted by Gasteiger charge is 2.18. The minimum absolute atomic E-state index is 0.331. The Kier molecular flexibility index (Phi) is 5.00. The Bertz CT molecular complexity index is 1360. The Morgan fingerprint density at radius 3 is 2.68 bits per heavy atom. The Morgan fingerprint density at radius 2 is 1.87 bits per heavy atom. The third kappa shape index (κ3) is 3.60. The monoisotopic (exact) mass is 448 g/mol. The fourth-order valence-corrected chi connectivity index (χ4v) is 4.63. The van der Waals surface area contributed by atoms with E-state index in [1.807, 2.05) is 0 Å². The number of carbonyl (C=O) groups is 1. The Balaban J connectivity index is 1.40. The molecule has 2 N–H and O–H groups in total. The van der Waals surface area contributed by atoms with Crippen molar-refractivity contribution in [2.45, 2.75) is 19.8 Å². The van der Waals surface area contributed by atoms with E-state index in [9.17, 15) is 4.79 Å². The van der Waals surface area contributed by atoms with Crippen molar-refractivity contribution in [3.05, 3.63) is 87.0 Å². The topological polar surface area (TPSA) is 70.1 Å². The summed E-state index contributed by atoms with van der Waals surface area (Å²) in [4.78, 5) is 12.6. The molecule has 7 heteroatoms. The summed E-state index contributed by atoms with van der Waals surface area (Å²) in [5, 5.41) is 14.9. The molecule has 1 heterocycles. The first kappa shape index (κ1) is 19.8. The Morgan fingerprint density at radius 1 is 1.06 bits per heavy atom. The molecule has 0 fully saturated rings. The number of rotatable bonds is 4. The molecule has 1 amide bonds. The number of H-pyrrole nitrogens is 1. The normalized spacial score (nSPS) is 13.1. The smallest absolute Gasteiger partial charge is 0.272 e. The second-order valence-electron chi connectivity index (χ2n) is 7.54. The molecule has 0 aliphatic heterocycles. The second-order valence-corrected chi connectivity index (χ2v) is 8.38. The van der Waals surface area contributed by atoms with E-state index in [4.69, 9.17) is 23.2 Å². The van der Waals surface area contributed by atoms with Gasteiger partial charge in [-0.15, -0.1) is 0 Å². The van der Waals surface area contributed by atoms with Gasteiger partial charge in [-0.2, -0.15) is 10.2 Å². The van der Waals surface area contributed by atoms with Gasteiger partial charge in [-0.3, -0.25) is 9.89 Å². The van der Waals surface area contributed by atoms with Crippen molar-refractivity contribution in [2.24, 2.45) is 5.10 Å². The summed E-state index contributed by atoms with van der Waals surface area (Å²) in [6.07, 6.45) is 2.14. The number of halogens is 2. The van der Waals surface area contributed by atoms with Crippen molar-refractivity contribution >= 4 is 45.6 Å². The number of aryl methyl sites for hydroxylation is 2. The number of amides is 1. The molecule has 0 saturated carbocycles. The molecule has 1 aliphatic carbocycles. The van der Waals surface area contributed by atoms with Gasteiger partial charge < -0.3 is 0 Å². The first-order chi connectivity index (χ1) is 15.0. The van der Waals surface area contributed by atoms with Crippen molar-refractivity contribution in [1.82, 2.24) is 15.6 Å². The summed E-state index contributed by atoms with van der Waals surface area (Å²) < 4.78 is 0. The quantitative estimate of drug-likeness (QED) is 0.306. The van der Waals surface area contributed by atoms with Crippen molar-refractivity contribution in [2.75, 3.05) is 0 Å². The van der Waals surface area contributed by atoms with Crippen LogP contribution in [-0.2, 0) is 12.8 Å². The van der Waals surface area contributed by atoms with Crippen molar-refractivity contribution in [1.29, 1.82) is 0 Å². The van der Waals surface area contributed by atoms with Crippen molar-refractivity contribution in [3.8, 4) is 11.3 Å². The molecule has 0 spiro atoms. The number of hydrogen-bond donors (Lipinski definition) is 2. The highest BCUT2D eigenvalue weighted by Crippen LogP contribution is 2.36. The van der Waals surface area contributed by atoms with Gasteiger partial charge in [0, 0.05) is 16.1 Å². The van der Waals surface area contributed by atoms with Crippen LogP contribution in [0.4, 0.5) is 0 Å². The van der Waals surface area contributed by atoms with Crippen LogP contribution in [0.2, 0.25) is 10.0 Å². The Hall–Kier alpha value is -3.15. The SMILES string of the molecule is C/C(=N/NC(=O)c1cc(-c2ccc3c4c(cccc24)CC3)n[nH]1)c1ccc(Cl)cc1Cl. The lowest BCUT2D eigenvalue weighted by atomic mass is 9.98. The van der Waals surface area contributed by atoms with Gasteiger partial charge in [0.2, 0.25) is 0 Å². The molecule has 1 aliphatic rings. The van der Waals surface area contributed by atoms with Gasteiger partial charge in [0.15, 0.2) is 0 Å². The highest BCUT2D eigenvalue weighted by molar-refractivity contribution is 6.37. The number of hydrazone groups is 1. The fourth-order valence-electron chi connectivity index (χ4n) is 4.08.